The van der Waals surface area contributed by atoms with Crippen molar-refractivity contribution in [1.82, 2.24) is 4.90 Å². The van der Waals surface area contributed by atoms with Crippen molar-refractivity contribution in [3.63, 3.8) is 0 Å². The molecule has 1 N–H and O–H groups in total. The molecule has 1 aromatic carbocycles. The number of aliphatic hydroxyl groups excluding tert-OH is 1. The van der Waals surface area contributed by atoms with Crippen LogP contribution in [-0.4, -0.2) is 43.9 Å². The van der Waals surface area contributed by atoms with Crippen LogP contribution in [0.15, 0.2) is 18.2 Å². The Bertz CT molecular complexity index is 349. The fraction of sp³-hybridized carbons (Fsp3) is 0.571. The van der Waals surface area contributed by atoms with Crippen LogP contribution in [-0.2, 0) is 6.54 Å². The molecule has 0 unspecified atom stereocenters. The third kappa shape index (κ3) is 4.20. The summed E-state index contributed by atoms with van der Waals surface area (Å²) in [6, 6.07) is 5.83. The lowest BCUT2D eigenvalue weighted by atomic mass is 10.1. The molecule has 0 aliphatic carbocycles. The van der Waals surface area contributed by atoms with E-state index in [1.54, 1.807) is 14.2 Å². The van der Waals surface area contributed by atoms with Crippen LogP contribution in [0.3, 0.4) is 0 Å². The van der Waals surface area contributed by atoms with E-state index in [9.17, 15) is 0 Å². The average Bonchev–Trinajstić information content (AvgIpc) is 2.39. The van der Waals surface area contributed by atoms with E-state index < -0.39 is 0 Å². The van der Waals surface area contributed by atoms with E-state index in [2.05, 4.69) is 11.8 Å². The Morgan fingerprint density at radius 3 is 2.50 bits per heavy atom. The van der Waals surface area contributed by atoms with E-state index >= 15 is 0 Å². The molecule has 1 rings (SSSR count). The van der Waals surface area contributed by atoms with Gasteiger partial charge in [0, 0.05) is 24.7 Å². The summed E-state index contributed by atoms with van der Waals surface area (Å²) >= 11 is 0. The zero-order valence-corrected chi connectivity index (χ0v) is 11.5. The second kappa shape index (κ2) is 7.95. The molecule has 0 heterocycles. The molecule has 0 aliphatic rings. The van der Waals surface area contributed by atoms with E-state index in [0.717, 1.165) is 36.6 Å². The monoisotopic (exact) mass is 253 g/mol. The minimum atomic E-state index is 0.179. The Labute approximate surface area is 109 Å². The van der Waals surface area contributed by atoms with Gasteiger partial charge in [-0.1, -0.05) is 13.0 Å². The van der Waals surface area contributed by atoms with Gasteiger partial charge in [-0.15, -0.1) is 0 Å². The molecular weight excluding hydrogens is 230 g/mol. The van der Waals surface area contributed by atoms with E-state index in [1.807, 2.05) is 18.2 Å². The Morgan fingerprint density at radius 1 is 1.17 bits per heavy atom. The summed E-state index contributed by atoms with van der Waals surface area (Å²) in [5, 5.41) is 9.06. The van der Waals surface area contributed by atoms with Crippen molar-refractivity contribution in [2.45, 2.75) is 19.9 Å². The molecular formula is C14H23NO3. The van der Waals surface area contributed by atoms with Crippen LogP contribution >= 0.6 is 0 Å². The highest BCUT2D eigenvalue weighted by Crippen LogP contribution is 2.25. The topological polar surface area (TPSA) is 41.9 Å². The SMILES string of the molecule is CCCN(CCO)Cc1ccc(OC)cc1OC. The first-order valence-corrected chi connectivity index (χ1v) is 6.29. The first kappa shape index (κ1) is 14.8. The van der Waals surface area contributed by atoms with Gasteiger partial charge in [-0.2, -0.15) is 0 Å². The predicted octanol–water partition coefficient (Wildman–Crippen LogP) is 1.91. The number of hydrogen-bond acceptors (Lipinski definition) is 4. The second-order valence-corrected chi connectivity index (χ2v) is 4.18. The van der Waals surface area contributed by atoms with Crippen LogP contribution in [0.4, 0.5) is 0 Å². The summed E-state index contributed by atoms with van der Waals surface area (Å²) in [6.45, 7) is 4.74. The van der Waals surface area contributed by atoms with Gasteiger partial charge in [0.05, 0.1) is 20.8 Å². The standard InChI is InChI=1S/C14H23NO3/c1-4-7-15(8-9-16)11-12-5-6-13(17-2)10-14(12)18-3/h5-6,10,16H,4,7-9,11H2,1-3H3. The van der Waals surface area contributed by atoms with E-state index in [0.29, 0.717) is 6.54 Å². The largest absolute Gasteiger partial charge is 0.497 e. The Morgan fingerprint density at radius 2 is 1.94 bits per heavy atom. The second-order valence-electron chi connectivity index (χ2n) is 4.18. The van der Waals surface area contributed by atoms with Crippen molar-refractivity contribution in [2.24, 2.45) is 0 Å². The molecule has 0 bridgehead atoms. The van der Waals surface area contributed by atoms with Crippen molar-refractivity contribution in [3.05, 3.63) is 23.8 Å². The number of benzene rings is 1. The minimum absolute atomic E-state index is 0.179. The molecule has 0 saturated carbocycles. The molecule has 0 aromatic heterocycles. The maximum Gasteiger partial charge on any atom is 0.127 e. The maximum atomic E-state index is 9.06. The number of rotatable bonds is 8. The molecule has 18 heavy (non-hydrogen) atoms. The number of aliphatic hydroxyl groups is 1. The number of methoxy groups -OCH3 is 2. The van der Waals surface area contributed by atoms with Crippen molar-refractivity contribution in [2.75, 3.05) is 33.9 Å². The molecule has 0 saturated heterocycles. The van der Waals surface area contributed by atoms with E-state index in [4.69, 9.17) is 14.6 Å². The number of hydrogen-bond donors (Lipinski definition) is 1. The van der Waals surface area contributed by atoms with E-state index in [1.165, 1.54) is 0 Å². The predicted molar refractivity (Wildman–Crippen MR) is 72.2 cm³/mol. The van der Waals surface area contributed by atoms with Crippen LogP contribution in [0.5, 0.6) is 11.5 Å². The third-order valence-electron chi connectivity index (χ3n) is 2.84. The quantitative estimate of drug-likeness (QED) is 0.768. The summed E-state index contributed by atoms with van der Waals surface area (Å²) in [7, 11) is 3.30. The van der Waals surface area contributed by atoms with Gasteiger partial charge in [-0.05, 0) is 19.0 Å². The van der Waals surface area contributed by atoms with Gasteiger partial charge in [0.1, 0.15) is 11.5 Å². The lowest BCUT2D eigenvalue weighted by Crippen LogP contribution is -2.27. The highest BCUT2D eigenvalue weighted by molar-refractivity contribution is 5.40. The molecule has 0 radical (unpaired) electrons. The first-order valence-electron chi connectivity index (χ1n) is 6.29. The van der Waals surface area contributed by atoms with Crippen LogP contribution in [0, 0.1) is 0 Å². The first-order chi connectivity index (χ1) is 8.74. The summed E-state index contributed by atoms with van der Waals surface area (Å²) in [6.07, 6.45) is 1.07. The molecule has 0 amide bonds. The normalized spacial score (nSPS) is 10.7. The van der Waals surface area contributed by atoms with Gasteiger partial charge in [0.25, 0.3) is 0 Å². The molecule has 0 fully saturated rings. The molecule has 102 valence electrons. The number of ether oxygens (including phenoxy) is 2. The van der Waals surface area contributed by atoms with Crippen molar-refractivity contribution in [1.29, 1.82) is 0 Å². The van der Waals surface area contributed by atoms with Crippen molar-refractivity contribution < 1.29 is 14.6 Å². The zero-order valence-electron chi connectivity index (χ0n) is 11.5. The third-order valence-corrected chi connectivity index (χ3v) is 2.84. The van der Waals surface area contributed by atoms with E-state index in [-0.39, 0.29) is 6.61 Å². The van der Waals surface area contributed by atoms with Crippen LogP contribution in [0.25, 0.3) is 0 Å². The molecule has 0 aliphatic heterocycles. The van der Waals surface area contributed by atoms with Crippen LogP contribution < -0.4 is 9.47 Å². The number of nitrogens with zero attached hydrogens (tertiary/aromatic N) is 1. The molecule has 1 aromatic rings. The summed E-state index contributed by atoms with van der Waals surface area (Å²) in [4.78, 5) is 2.21. The van der Waals surface area contributed by atoms with Gasteiger partial charge in [-0.25, -0.2) is 0 Å². The minimum Gasteiger partial charge on any atom is -0.497 e. The fourth-order valence-electron chi connectivity index (χ4n) is 1.95. The Hall–Kier alpha value is -1.26. The zero-order chi connectivity index (χ0) is 13.4. The molecule has 0 spiro atoms. The van der Waals surface area contributed by atoms with Crippen molar-refractivity contribution >= 4 is 0 Å². The highest BCUT2D eigenvalue weighted by atomic mass is 16.5. The van der Waals surface area contributed by atoms with Gasteiger partial charge in [-0.3, -0.25) is 4.90 Å². The van der Waals surface area contributed by atoms with Crippen LogP contribution in [0.2, 0.25) is 0 Å². The Kier molecular flexibility index (Phi) is 6.54. The molecule has 4 heteroatoms. The van der Waals surface area contributed by atoms with Crippen LogP contribution in [0.1, 0.15) is 18.9 Å². The average molecular weight is 253 g/mol. The fourth-order valence-corrected chi connectivity index (χ4v) is 1.95. The molecule has 0 atom stereocenters. The summed E-state index contributed by atoms with van der Waals surface area (Å²) in [5.41, 5.74) is 1.11. The summed E-state index contributed by atoms with van der Waals surface area (Å²) in [5.74, 6) is 1.62. The summed E-state index contributed by atoms with van der Waals surface area (Å²) < 4.78 is 10.6. The Balaban J connectivity index is 2.80. The van der Waals surface area contributed by atoms with Gasteiger partial charge in [0.2, 0.25) is 0 Å². The molecule has 4 nitrogen and oxygen atoms in total. The highest BCUT2D eigenvalue weighted by Gasteiger charge is 2.09. The van der Waals surface area contributed by atoms with Gasteiger partial charge >= 0.3 is 0 Å². The maximum absolute atomic E-state index is 9.06. The lowest BCUT2D eigenvalue weighted by molar-refractivity contribution is 0.189. The van der Waals surface area contributed by atoms with Gasteiger partial charge in [0.15, 0.2) is 0 Å². The lowest BCUT2D eigenvalue weighted by Gasteiger charge is -2.22. The smallest absolute Gasteiger partial charge is 0.127 e. The van der Waals surface area contributed by atoms with Crippen molar-refractivity contribution in [3.8, 4) is 11.5 Å². The van der Waals surface area contributed by atoms with Gasteiger partial charge < -0.3 is 14.6 Å².